The topological polar surface area (TPSA) is 29.1 Å². The molecule has 10 heavy (non-hydrogen) atoms. The minimum Gasteiger partial charge on any atom is -0.353 e. The maximum atomic E-state index is 10.5. The summed E-state index contributed by atoms with van der Waals surface area (Å²) >= 11 is 0. The number of carbonyl (C=O) groups excluding carboxylic acids is 1. The van der Waals surface area contributed by atoms with Gasteiger partial charge >= 0.3 is 0 Å². The van der Waals surface area contributed by atoms with Crippen LogP contribution in [0, 0.1) is 6.92 Å². The average molecular weight is 140 g/mol. The van der Waals surface area contributed by atoms with Gasteiger partial charge in [-0.2, -0.15) is 0 Å². The standard InChI is InChI=1S/C8H14NO/c1-3-5-6-7-9-8(10)4-2/h4H,1-3,5-7H2,(H,9,10). The SMILES string of the molecule is [CH2]CCCCNC(=O)C=C. The van der Waals surface area contributed by atoms with Crippen molar-refractivity contribution in [3.63, 3.8) is 0 Å². The fourth-order valence-electron chi connectivity index (χ4n) is 0.586. The first kappa shape index (κ1) is 9.21. The Morgan fingerprint density at radius 3 is 2.70 bits per heavy atom. The summed E-state index contributed by atoms with van der Waals surface area (Å²) in [5.74, 6) is -0.0935. The van der Waals surface area contributed by atoms with Gasteiger partial charge in [0.1, 0.15) is 0 Å². The van der Waals surface area contributed by atoms with Crippen LogP contribution in [0.15, 0.2) is 12.7 Å². The van der Waals surface area contributed by atoms with Crippen LogP contribution >= 0.6 is 0 Å². The van der Waals surface area contributed by atoms with Gasteiger partial charge in [0.05, 0.1) is 0 Å². The molecule has 0 unspecified atom stereocenters. The first-order valence-electron chi connectivity index (χ1n) is 3.50. The molecule has 0 rings (SSSR count). The zero-order valence-electron chi connectivity index (χ0n) is 6.23. The lowest BCUT2D eigenvalue weighted by Gasteiger charge is -1.98. The monoisotopic (exact) mass is 140 g/mol. The second-order valence-electron chi connectivity index (χ2n) is 2.06. The van der Waals surface area contributed by atoms with Crippen LogP contribution in [-0.4, -0.2) is 12.5 Å². The molecule has 0 fully saturated rings. The quantitative estimate of drug-likeness (QED) is 0.452. The van der Waals surface area contributed by atoms with Gasteiger partial charge in [-0.3, -0.25) is 4.79 Å². The van der Waals surface area contributed by atoms with Crippen LogP contribution < -0.4 is 5.32 Å². The van der Waals surface area contributed by atoms with Gasteiger partial charge in [0.25, 0.3) is 0 Å². The first-order valence-corrected chi connectivity index (χ1v) is 3.50. The van der Waals surface area contributed by atoms with Gasteiger partial charge in [0.2, 0.25) is 5.91 Å². The number of rotatable bonds is 5. The normalized spacial score (nSPS) is 8.90. The lowest BCUT2D eigenvalue weighted by molar-refractivity contribution is -0.116. The van der Waals surface area contributed by atoms with E-state index in [1.807, 2.05) is 0 Å². The molecule has 0 aromatic carbocycles. The summed E-state index contributed by atoms with van der Waals surface area (Å²) in [5, 5.41) is 2.68. The second kappa shape index (κ2) is 6.33. The molecular formula is C8H14NO. The van der Waals surface area contributed by atoms with Gasteiger partial charge in [0, 0.05) is 6.54 Å². The molecule has 1 radical (unpaired) electrons. The molecule has 0 aromatic rings. The number of hydrogen-bond acceptors (Lipinski definition) is 1. The number of carbonyl (C=O) groups is 1. The smallest absolute Gasteiger partial charge is 0.243 e. The second-order valence-corrected chi connectivity index (χ2v) is 2.06. The maximum absolute atomic E-state index is 10.5. The Balaban J connectivity index is 3.03. The van der Waals surface area contributed by atoms with Crippen molar-refractivity contribution in [2.75, 3.05) is 6.54 Å². The Kier molecular flexibility index (Phi) is 5.83. The highest BCUT2D eigenvalue weighted by atomic mass is 16.1. The fraction of sp³-hybridized carbons (Fsp3) is 0.500. The number of amides is 1. The lowest BCUT2D eigenvalue weighted by atomic mass is 10.2. The van der Waals surface area contributed by atoms with E-state index in [0.29, 0.717) is 0 Å². The molecule has 57 valence electrons. The van der Waals surface area contributed by atoms with Crippen LogP contribution in [-0.2, 0) is 4.79 Å². The van der Waals surface area contributed by atoms with Crippen LogP contribution in [0.5, 0.6) is 0 Å². The van der Waals surface area contributed by atoms with Crippen molar-refractivity contribution in [3.05, 3.63) is 19.6 Å². The third-order valence-corrected chi connectivity index (χ3v) is 1.16. The van der Waals surface area contributed by atoms with Crippen molar-refractivity contribution in [3.8, 4) is 0 Å². The van der Waals surface area contributed by atoms with E-state index in [9.17, 15) is 4.79 Å². The highest BCUT2D eigenvalue weighted by Crippen LogP contribution is 1.90. The van der Waals surface area contributed by atoms with Crippen LogP contribution in [0.1, 0.15) is 19.3 Å². The molecule has 0 aromatic heterocycles. The summed E-state index contributed by atoms with van der Waals surface area (Å²) in [6, 6.07) is 0. The Bertz CT molecular complexity index is 110. The summed E-state index contributed by atoms with van der Waals surface area (Å²) in [6.07, 6.45) is 4.29. The van der Waals surface area contributed by atoms with Crippen molar-refractivity contribution in [1.29, 1.82) is 0 Å². The van der Waals surface area contributed by atoms with E-state index in [1.54, 1.807) is 0 Å². The van der Waals surface area contributed by atoms with E-state index in [-0.39, 0.29) is 5.91 Å². The fourth-order valence-corrected chi connectivity index (χ4v) is 0.586. The Labute approximate surface area is 62.3 Å². The van der Waals surface area contributed by atoms with E-state index < -0.39 is 0 Å². The largest absolute Gasteiger partial charge is 0.353 e. The molecule has 2 heteroatoms. The molecule has 0 bridgehead atoms. The maximum Gasteiger partial charge on any atom is 0.243 e. The van der Waals surface area contributed by atoms with Crippen molar-refractivity contribution >= 4 is 5.91 Å². The van der Waals surface area contributed by atoms with E-state index >= 15 is 0 Å². The predicted molar refractivity (Wildman–Crippen MR) is 42.4 cm³/mol. The van der Waals surface area contributed by atoms with E-state index in [0.717, 1.165) is 25.8 Å². The summed E-state index contributed by atoms with van der Waals surface area (Å²) in [4.78, 5) is 10.5. The number of unbranched alkanes of at least 4 members (excludes halogenated alkanes) is 2. The Morgan fingerprint density at radius 2 is 2.20 bits per heavy atom. The minimum atomic E-state index is -0.0935. The molecular weight excluding hydrogens is 126 g/mol. The molecule has 0 saturated heterocycles. The van der Waals surface area contributed by atoms with Gasteiger partial charge in [-0.15, -0.1) is 0 Å². The Hall–Kier alpha value is -0.790. The van der Waals surface area contributed by atoms with Gasteiger partial charge in [-0.1, -0.05) is 26.3 Å². The summed E-state index contributed by atoms with van der Waals surface area (Å²) in [7, 11) is 0. The molecule has 0 atom stereocenters. The van der Waals surface area contributed by atoms with Crippen molar-refractivity contribution in [1.82, 2.24) is 5.32 Å². The highest BCUT2D eigenvalue weighted by molar-refractivity contribution is 5.86. The van der Waals surface area contributed by atoms with Gasteiger partial charge in [-0.05, 0) is 12.5 Å². The third kappa shape index (κ3) is 5.35. The average Bonchev–Trinajstić information content (AvgIpc) is 1.98. The Morgan fingerprint density at radius 1 is 1.50 bits per heavy atom. The molecule has 0 saturated carbocycles. The van der Waals surface area contributed by atoms with Crippen LogP contribution in [0.4, 0.5) is 0 Å². The van der Waals surface area contributed by atoms with Gasteiger partial charge in [0.15, 0.2) is 0 Å². The predicted octanol–water partition coefficient (Wildman–Crippen LogP) is 1.29. The van der Waals surface area contributed by atoms with E-state index in [2.05, 4.69) is 18.8 Å². The molecule has 1 amide bonds. The molecule has 1 N–H and O–H groups in total. The molecule has 0 spiro atoms. The number of nitrogens with one attached hydrogen (secondary N) is 1. The molecule has 0 heterocycles. The summed E-state index contributed by atoms with van der Waals surface area (Å²) in [6.45, 7) is 7.76. The molecule has 0 aliphatic carbocycles. The van der Waals surface area contributed by atoms with E-state index in [1.165, 1.54) is 6.08 Å². The summed E-state index contributed by atoms with van der Waals surface area (Å²) < 4.78 is 0. The van der Waals surface area contributed by atoms with Gasteiger partial charge < -0.3 is 5.32 Å². The first-order chi connectivity index (χ1) is 4.81. The molecule has 0 aliphatic heterocycles. The zero-order valence-corrected chi connectivity index (χ0v) is 6.23. The van der Waals surface area contributed by atoms with Crippen LogP contribution in [0.2, 0.25) is 0 Å². The molecule has 0 aliphatic rings. The van der Waals surface area contributed by atoms with Crippen molar-refractivity contribution in [2.45, 2.75) is 19.3 Å². The van der Waals surface area contributed by atoms with Crippen LogP contribution in [0.25, 0.3) is 0 Å². The van der Waals surface area contributed by atoms with Crippen molar-refractivity contribution in [2.24, 2.45) is 0 Å². The van der Waals surface area contributed by atoms with Gasteiger partial charge in [-0.25, -0.2) is 0 Å². The zero-order chi connectivity index (χ0) is 7.82. The minimum absolute atomic E-state index is 0.0935. The third-order valence-electron chi connectivity index (χ3n) is 1.16. The number of hydrogen-bond donors (Lipinski definition) is 1. The van der Waals surface area contributed by atoms with E-state index in [4.69, 9.17) is 0 Å². The lowest BCUT2D eigenvalue weighted by Crippen LogP contribution is -2.21. The highest BCUT2D eigenvalue weighted by Gasteiger charge is 1.90. The summed E-state index contributed by atoms with van der Waals surface area (Å²) in [5.41, 5.74) is 0. The molecule has 2 nitrogen and oxygen atoms in total. The van der Waals surface area contributed by atoms with Crippen molar-refractivity contribution < 1.29 is 4.79 Å². The van der Waals surface area contributed by atoms with Crippen LogP contribution in [0.3, 0.4) is 0 Å².